The summed E-state index contributed by atoms with van der Waals surface area (Å²) in [7, 11) is 0. The summed E-state index contributed by atoms with van der Waals surface area (Å²) in [4.78, 5) is 37.9. The van der Waals surface area contributed by atoms with E-state index in [0.717, 1.165) is 18.4 Å². The van der Waals surface area contributed by atoms with Crippen LogP contribution in [0.4, 0.5) is 0 Å². The van der Waals surface area contributed by atoms with E-state index >= 15 is 0 Å². The Balaban J connectivity index is 1.61. The Bertz CT molecular complexity index is 732. The molecule has 1 aromatic rings. The van der Waals surface area contributed by atoms with Crippen LogP contribution >= 0.6 is 0 Å². The van der Waals surface area contributed by atoms with Crippen LogP contribution in [0.15, 0.2) is 24.3 Å². The Kier molecular flexibility index (Phi) is 5.27. The summed E-state index contributed by atoms with van der Waals surface area (Å²) >= 11 is 0. The fourth-order valence-electron chi connectivity index (χ4n) is 3.65. The molecular formula is C21H28N2O4. The van der Waals surface area contributed by atoms with Gasteiger partial charge in [0, 0.05) is 30.6 Å². The third-order valence-corrected chi connectivity index (χ3v) is 5.53. The van der Waals surface area contributed by atoms with Crippen molar-refractivity contribution in [1.29, 1.82) is 0 Å². The summed E-state index contributed by atoms with van der Waals surface area (Å²) in [6, 6.07) is 7.17. The molecule has 27 heavy (non-hydrogen) atoms. The average molecular weight is 372 g/mol. The highest BCUT2D eigenvalue weighted by molar-refractivity contribution is 5.95. The molecule has 6 nitrogen and oxygen atoms in total. The van der Waals surface area contributed by atoms with Gasteiger partial charge in [0.05, 0.1) is 5.92 Å². The van der Waals surface area contributed by atoms with Crippen molar-refractivity contribution in [2.75, 3.05) is 13.1 Å². The molecule has 2 N–H and O–H groups in total. The average Bonchev–Trinajstić information content (AvgIpc) is 3.36. The van der Waals surface area contributed by atoms with E-state index in [1.807, 2.05) is 32.9 Å². The van der Waals surface area contributed by atoms with Gasteiger partial charge in [0.2, 0.25) is 5.91 Å². The second-order valence-corrected chi connectivity index (χ2v) is 8.79. The van der Waals surface area contributed by atoms with Crippen molar-refractivity contribution in [2.24, 2.45) is 23.2 Å². The van der Waals surface area contributed by atoms with E-state index < -0.39 is 17.3 Å². The lowest BCUT2D eigenvalue weighted by atomic mass is 9.92. The van der Waals surface area contributed by atoms with E-state index in [4.69, 9.17) is 0 Å². The van der Waals surface area contributed by atoms with Crippen molar-refractivity contribution >= 4 is 17.8 Å². The molecule has 0 aromatic heterocycles. The summed E-state index contributed by atoms with van der Waals surface area (Å²) < 4.78 is 0. The summed E-state index contributed by atoms with van der Waals surface area (Å²) in [5.74, 6) is -0.850. The van der Waals surface area contributed by atoms with E-state index in [9.17, 15) is 19.5 Å². The number of nitrogens with one attached hydrogen (secondary N) is 1. The first kappa shape index (κ1) is 19.4. The first-order chi connectivity index (χ1) is 12.7. The minimum atomic E-state index is -0.799. The summed E-state index contributed by atoms with van der Waals surface area (Å²) in [5, 5.41) is 12.3. The molecule has 146 valence electrons. The lowest BCUT2D eigenvalue weighted by molar-refractivity contribution is -0.142. The first-order valence-corrected chi connectivity index (χ1v) is 9.56. The predicted octanol–water partition coefficient (Wildman–Crippen LogP) is 2.53. The van der Waals surface area contributed by atoms with Crippen molar-refractivity contribution in [2.45, 2.75) is 40.2 Å². The molecule has 2 atom stereocenters. The van der Waals surface area contributed by atoms with Crippen molar-refractivity contribution in [3.63, 3.8) is 0 Å². The van der Waals surface area contributed by atoms with Crippen LogP contribution in [0.25, 0.3) is 0 Å². The van der Waals surface area contributed by atoms with Crippen LogP contribution in [0.3, 0.4) is 0 Å². The Labute approximate surface area is 159 Å². The van der Waals surface area contributed by atoms with Crippen molar-refractivity contribution < 1.29 is 19.5 Å². The van der Waals surface area contributed by atoms with Gasteiger partial charge in [-0.3, -0.25) is 14.4 Å². The molecule has 0 bridgehead atoms. The van der Waals surface area contributed by atoms with E-state index in [1.54, 1.807) is 17.0 Å². The molecule has 2 aliphatic rings. The Morgan fingerprint density at radius 2 is 1.74 bits per heavy atom. The number of carbonyl (C=O) groups is 3. The summed E-state index contributed by atoms with van der Waals surface area (Å²) in [6.45, 7) is 6.82. The zero-order valence-electron chi connectivity index (χ0n) is 16.2. The summed E-state index contributed by atoms with van der Waals surface area (Å²) in [6.07, 6.45) is 2.15. The quantitative estimate of drug-likeness (QED) is 0.832. The Hall–Kier alpha value is -2.37. The number of amides is 2. The highest BCUT2D eigenvalue weighted by Gasteiger charge is 2.46. The first-order valence-electron chi connectivity index (χ1n) is 9.56. The standard InChI is InChI=1S/C21H28N2O4/c1-21(2,3)20(27)22-10-13-4-6-15(7-5-13)18(24)23-11-16(14-8-9-14)17(12-23)19(25)26/h4-7,14,16-17H,8-12H2,1-3H3,(H,22,27)(H,25,26)/t16-,17+/m1/s1. The van der Waals surface area contributed by atoms with Crippen molar-refractivity contribution in [3.8, 4) is 0 Å². The smallest absolute Gasteiger partial charge is 0.308 e. The minimum absolute atomic E-state index is 0.0226. The predicted molar refractivity (Wildman–Crippen MR) is 101 cm³/mol. The topological polar surface area (TPSA) is 86.7 Å². The van der Waals surface area contributed by atoms with Crippen molar-refractivity contribution in [3.05, 3.63) is 35.4 Å². The lowest BCUT2D eigenvalue weighted by Gasteiger charge is -2.18. The molecule has 2 fully saturated rings. The normalized spacial score (nSPS) is 22.6. The second kappa shape index (κ2) is 7.33. The fraction of sp³-hybridized carbons (Fsp3) is 0.571. The molecule has 1 saturated heterocycles. The van der Waals surface area contributed by atoms with Crippen LogP contribution in [-0.2, 0) is 16.1 Å². The molecule has 2 amide bonds. The maximum atomic E-state index is 12.8. The van der Waals surface area contributed by atoms with Gasteiger partial charge in [0.25, 0.3) is 5.91 Å². The molecule has 1 aromatic carbocycles. The number of hydrogen-bond acceptors (Lipinski definition) is 3. The van der Waals surface area contributed by atoms with Crippen LogP contribution in [0.5, 0.6) is 0 Å². The molecule has 6 heteroatoms. The van der Waals surface area contributed by atoms with Gasteiger partial charge in [-0.2, -0.15) is 0 Å². The zero-order valence-corrected chi connectivity index (χ0v) is 16.2. The lowest BCUT2D eigenvalue weighted by Crippen LogP contribution is -2.34. The molecule has 1 aliphatic carbocycles. The molecule has 0 unspecified atom stereocenters. The van der Waals surface area contributed by atoms with Gasteiger partial charge < -0.3 is 15.3 Å². The number of nitrogens with zero attached hydrogens (tertiary/aromatic N) is 1. The van der Waals surface area contributed by atoms with Crippen LogP contribution in [0.1, 0.15) is 49.5 Å². The second-order valence-electron chi connectivity index (χ2n) is 8.79. The van der Waals surface area contributed by atoms with E-state index in [1.165, 1.54) is 0 Å². The van der Waals surface area contributed by atoms with E-state index in [-0.39, 0.29) is 17.7 Å². The highest BCUT2D eigenvalue weighted by Crippen LogP contribution is 2.44. The number of benzene rings is 1. The zero-order chi connectivity index (χ0) is 19.8. The number of rotatable bonds is 5. The van der Waals surface area contributed by atoms with Gasteiger partial charge in [-0.1, -0.05) is 32.9 Å². The Morgan fingerprint density at radius 1 is 1.11 bits per heavy atom. The molecule has 1 saturated carbocycles. The van der Waals surface area contributed by atoms with Gasteiger partial charge in [0.15, 0.2) is 0 Å². The maximum absolute atomic E-state index is 12.8. The third kappa shape index (κ3) is 4.49. The van der Waals surface area contributed by atoms with E-state index in [2.05, 4.69) is 5.32 Å². The monoisotopic (exact) mass is 372 g/mol. The largest absolute Gasteiger partial charge is 0.481 e. The molecule has 1 aliphatic heterocycles. The minimum Gasteiger partial charge on any atom is -0.481 e. The molecular weight excluding hydrogens is 344 g/mol. The van der Waals surface area contributed by atoms with Crippen LogP contribution in [0.2, 0.25) is 0 Å². The number of carboxylic acid groups (broad SMARTS) is 1. The van der Waals surface area contributed by atoms with Gasteiger partial charge in [-0.05, 0) is 42.4 Å². The summed E-state index contributed by atoms with van der Waals surface area (Å²) in [5.41, 5.74) is 1.04. The fourth-order valence-corrected chi connectivity index (χ4v) is 3.65. The molecule has 0 radical (unpaired) electrons. The number of hydrogen-bond donors (Lipinski definition) is 2. The van der Waals surface area contributed by atoms with Crippen molar-refractivity contribution in [1.82, 2.24) is 10.2 Å². The van der Waals surface area contributed by atoms with Gasteiger partial charge in [-0.15, -0.1) is 0 Å². The van der Waals surface area contributed by atoms with E-state index in [0.29, 0.717) is 31.1 Å². The SMILES string of the molecule is CC(C)(C)C(=O)NCc1ccc(C(=O)N2C[C@H](C(=O)O)[C@@H](C3CC3)C2)cc1. The molecule has 0 spiro atoms. The molecule has 1 heterocycles. The van der Waals surface area contributed by atoms with Gasteiger partial charge >= 0.3 is 5.97 Å². The Morgan fingerprint density at radius 3 is 2.26 bits per heavy atom. The maximum Gasteiger partial charge on any atom is 0.308 e. The number of carbonyl (C=O) groups excluding carboxylic acids is 2. The number of carboxylic acids is 1. The van der Waals surface area contributed by atoms with Gasteiger partial charge in [0.1, 0.15) is 0 Å². The van der Waals surface area contributed by atoms with Crippen LogP contribution in [0, 0.1) is 23.2 Å². The third-order valence-electron chi connectivity index (χ3n) is 5.53. The van der Waals surface area contributed by atoms with Crippen LogP contribution in [-0.4, -0.2) is 40.9 Å². The van der Waals surface area contributed by atoms with Gasteiger partial charge in [-0.25, -0.2) is 0 Å². The number of aliphatic carboxylic acids is 1. The number of likely N-dealkylation sites (tertiary alicyclic amines) is 1. The van der Waals surface area contributed by atoms with Crippen LogP contribution < -0.4 is 5.32 Å². The highest BCUT2D eigenvalue weighted by atomic mass is 16.4. The molecule has 3 rings (SSSR count).